The van der Waals surface area contributed by atoms with Crippen LogP contribution in [-0.4, -0.2) is 36.1 Å². The number of carbonyl (C=O) groups excluding carboxylic acids is 2. The number of nitrogens with two attached hydrogens (primary N) is 1. The summed E-state index contributed by atoms with van der Waals surface area (Å²) in [5.74, 6) is -0.517. The predicted molar refractivity (Wildman–Crippen MR) is 167 cm³/mol. The van der Waals surface area contributed by atoms with Gasteiger partial charge in [0.05, 0.1) is 27.1 Å². The minimum absolute atomic E-state index is 0.0488. The van der Waals surface area contributed by atoms with Gasteiger partial charge < -0.3 is 15.2 Å². The van der Waals surface area contributed by atoms with Crippen molar-refractivity contribution in [2.45, 2.75) is 45.6 Å². The first-order valence-electron chi connectivity index (χ1n) is 13.4. The third-order valence-electron chi connectivity index (χ3n) is 6.85. The Labute approximate surface area is 257 Å². The number of hydrogen-bond donors (Lipinski definition) is 1. The molecule has 0 fully saturated rings. The van der Waals surface area contributed by atoms with Crippen LogP contribution in [0, 0.1) is 13.8 Å². The molecule has 0 saturated heterocycles. The Bertz CT molecular complexity index is 1390. The molecule has 0 unspecified atom stereocenters. The second kappa shape index (κ2) is 15.4. The van der Waals surface area contributed by atoms with E-state index in [9.17, 15) is 9.59 Å². The number of benzene rings is 2. The topological polar surface area (TPSA) is 104 Å². The first kappa shape index (κ1) is 32.7. The molecule has 2 atom stereocenters. The Morgan fingerprint density at radius 3 is 1.69 bits per heavy atom. The highest BCUT2D eigenvalue weighted by Gasteiger charge is 2.16. The van der Waals surface area contributed by atoms with Gasteiger partial charge in [0.15, 0.2) is 0 Å². The van der Waals surface area contributed by atoms with E-state index < -0.39 is 6.04 Å². The molecule has 2 N–H and O–H groups in total. The van der Waals surface area contributed by atoms with Gasteiger partial charge in [-0.3, -0.25) is 19.6 Å². The molecule has 220 valence electrons. The van der Waals surface area contributed by atoms with E-state index in [2.05, 4.69) is 14.7 Å². The van der Waals surface area contributed by atoms with Crippen LogP contribution in [0.25, 0.3) is 22.3 Å². The van der Waals surface area contributed by atoms with Crippen molar-refractivity contribution in [2.75, 3.05) is 14.2 Å². The van der Waals surface area contributed by atoms with E-state index in [0.717, 1.165) is 44.5 Å². The van der Waals surface area contributed by atoms with Gasteiger partial charge in [-0.15, -0.1) is 0 Å². The summed E-state index contributed by atoms with van der Waals surface area (Å²) in [6.07, 6.45) is 7.42. The molecule has 0 radical (unpaired) electrons. The summed E-state index contributed by atoms with van der Waals surface area (Å²) in [7, 11) is 2.74. The smallest absolute Gasteiger partial charge is 0.307 e. The summed E-state index contributed by atoms with van der Waals surface area (Å²) < 4.78 is 9.35. The maximum absolute atomic E-state index is 11.4. The number of halogens is 2. The Morgan fingerprint density at radius 2 is 1.21 bits per heavy atom. The molecule has 0 aliphatic carbocycles. The van der Waals surface area contributed by atoms with Crippen LogP contribution < -0.4 is 5.73 Å². The highest BCUT2D eigenvalue weighted by Crippen LogP contribution is 2.33. The third kappa shape index (κ3) is 8.61. The minimum atomic E-state index is -0.451. The van der Waals surface area contributed by atoms with E-state index in [1.54, 1.807) is 24.8 Å². The molecule has 4 aromatic rings. The van der Waals surface area contributed by atoms with Crippen LogP contribution in [0.2, 0.25) is 10.0 Å². The fourth-order valence-electron chi connectivity index (χ4n) is 4.49. The van der Waals surface area contributed by atoms with E-state index in [0.29, 0.717) is 16.5 Å². The zero-order chi connectivity index (χ0) is 30.8. The summed E-state index contributed by atoms with van der Waals surface area (Å²) in [5.41, 5.74) is 13.7. The van der Waals surface area contributed by atoms with E-state index in [4.69, 9.17) is 33.7 Å². The molecule has 2 heterocycles. The van der Waals surface area contributed by atoms with Crippen molar-refractivity contribution in [1.29, 1.82) is 0 Å². The highest BCUT2D eigenvalue weighted by molar-refractivity contribution is 6.33. The van der Waals surface area contributed by atoms with Gasteiger partial charge in [0, 0.05) is 63.1 Å². The van der Waals surface area contributed by atoms with Crippen LogP contribution >= 0.6 is 23.2 Å². The lowest BCUT2D eigenvalue weighted by atomic mass is 9.95. The van der Waals surface area contributed by atoms with E-state index in [-0.39, 0.29) is 24.3 Å². The Kier molecular flexibility index (Phi) is 12.0. The van der Waals surface area contributed by atoms with E-state index in [1.165, 1.54) is 14.2 Å². The number of rotatable bonds is 8. The van der Waals surface area contributed by atoms with Gasteiger partial charge in [-0.1, -0.05) is 54.4 Å². The molecule has 4 rings (SSSR count). The zero-order valence-electron chi connectivity index (χ0n) is 24.4. The average Bonchev–Trinajstić information content (AvgIpc) is 2.97. The molecule has 7 nitrogen and oxygen atoms in total. The van der Waals surface area contributed by atoms with Crippen LogP contribution in [0.15, 0.2) is 73.3 Å². The minimum Gasteiger partial charge on any atom is -0.469 e. The SMILES string of the molecule is COC(=O)C[C@H](C)c1cncc(-c2c(C)cccc2Cl)c1.COC(=O)C[C@H](N)c1cncc(-c2c(C)cccc2Cl)c1. The predicted octanol–water partition coefficient (Wildman–Crippen LogP) is 7.65. The number of aryl methyl sites for hydroxylation is 2. The number of esters is 2. The molecule has 0 spiro atoms. The molecule has 0 saturated carbocycles. The maximum atomic E-state index is 11.4. The van der Waals surface area contributed by atoms with Crippen LogP contribution in [0.3, 0.4) is 0 Å². The zero-order valence-corrected chi connectivity index (χ0v) is 25.9. The average molecular weight is 609 g/mol. The van der Waals surface area contributed by atoms with Gasteiger partial charge in [0.2, 0.25) is 0 Å². The summed E-state index contributed by atoms with van der Waals surface area (Å²) in [6.45, 7) is 5.99. The van der Waals surface area contributed by atoms with Crippen molar-refractivity contribution in [1.82, 2.24) is 9.97 Å². The van der Waals surface area contributed by atoms with Gasteiger partial charge >= 0.3 is 11.9 Å². The van der Waals surface area contributed by atoms with Crippen molar-refractivity contribution < 1.29 is 19.1 Å². The molecule has 2 aromatic heterocycles. The highest BCUT2D eigenvalue weighted by atomic mass is 35.5. The van der Waals surface area contributed by atoms with Crippen LogP contribution in [0.4, 0.5) is 0 Å². The number of pyridine rings is 2. The molecule has 42 heavy (non-hydrogen) atoms. The van der Waals surface area contributed by atoms with Gasteiger partial charge in [-0.25, -0.2) is 0 Å². The fourth-order valence-corrected chi connectivity index (χ4v) is 5.15. The first-order chi connectivity index (χ1) is 20.0. The van der Waals surface area contributed by atoms with Crippen molar-refractivity contribution in [3.8, 4) is 22.3 Å². The number of aromatic nitrogens is 2. The summed E-state index contributed by atoms with van der Waals surface area (Å²) >= 11 is 12.6. The summed E-state index contributed by atoms with van der Waals surface area (Å²) in [4.78, 5) is 31.2. The lowest BCUT2D eigenvalue weighted by molar-refractivity contribution is -0.141. The molecule has 9 heteroatoms. The van der Waals surface area contributed by atoms with E-state index >= 15 is 0 Å². The van der Waals surface area contributed by atoms with Crippen LogP contribution in [0.5, 0.6) is 0 Å². The standard InChI is InChI=1S/C17H18ClNO2.C16H17ClN2O2/c1-11-5-4-6-15(18)17(11)14-8-13(9-19-10-14)12(2)7-16(20)21-3;1-10-4-3-5-13(17)16(10)12-6-11(8-19-9-12)14(18)7-15(20)21-2/h4-6,8-10,12H,7H2,1-3H3;3-6,8-9,14H,7,18H2,1-2H3/t12-;14-/m00/s1. The largest absolute Gasteiger partial charge is 0.469 e. The lowest BCUT2D eigenvalue weighted by Crippen LogP contribution is -2.16. The van der Waals surface area contributed by atoms with Crippen molar-refractivity contribution >= 4 is 35.1 Å². The van der Waals surface area contributed by atoms with Gasteiger partial charge in [-0.2, -0.15) is 0 Å². The van der Waals surface area contributed by atoms with Gasteiger partial charge in [0.25, 0.3) is 0 Å². The van der Waals surface area contributed by atoms with Crippen LogP contribution in [0.1, 0.15) is 54.0 Å². The number of ether oxygens (including phenoxy) is 2. The molecule has 2 aromatic carbocycles. The molecule has 0 aliphatic heterocycles. The molecular weight excluding hydrogens is 573 g/mol. The van der Waals surface area contributed by atoms with Crippen molar-refractivity contribution in [3.63, 3.8) is 0 Å². The fraction of sp³-hybridized carbons (Fsp3) is 0.273. The van der Waals surface area contributed by atoms with Crippen molar-refractivity contribution in [2.24, 2.45) is 5.73 Å². The van der Waals surface area contributed by atoms with Crippen molar-refractivity contribution in [3.05, 3.63) is 106 Å². The van der Waals surface area contributed by atoms with Gasteiger partial charge in [-0.05, 0) is 66.3 Å². The van der Waals surface area contributed by atoms with Gasteiger partial charge in [0.1, 0.15) is 0 Å². The lowest BCUT2D eigenvalue weighted by Gasteiger charge is -2.13. The first-order valence-corrected chi connectivity index (χ1v) is 14.1. The molecular formula is C33H35Cl2N3O4. The second-order valence-corrected chi connectivity index (χ2v) is 10.8. The number of carbonyl (C=O) groups is 2. The number of nitrogens with zero attached hydrogens (tertiary/aromatic N) is 2. The number of hydrogen-bond acceptors (Lipinski definition) is 7. The summed E-state index contributed by atoms with van der Waals surface area (Å²) in [6, 6.07) is 15.0. The molecule has 0 bridgehead atoms. The quantitative estimate of drug-likeness (QED) is 0.205. The monoisotopic (exact) mass is 607 g/mol. The van der Waals surface area contributed by atoms with Crippen LogP contribution in [-0.2, 0) is 19.1 Å². The Morgan fingerprint density at radius 1 is 0.762 bits per heavy atom. The summed E-state index contributed by atoms with van der Waals surface area (Å²) in [5, 5.41) is 1.37. The van der Waals surface area contributed by atoms with E-state index in [1.807, 2.05) is 69.3 Å². The second-order valence-electron chi connectivity index (χ2n) is 9.95. The Hall–Kier alpha value is -3.78. The normalized spacial score (nSPS) is 12.0. The Balaban J connectivity index is 0.000000230. The molecule has 0 amide bonds. The third-order valence-corrected chi connectivity index (χ3v) is 7.48. The maximum Gasteiger partial charge on any atom is 0.307 e. The molecule has 0 aliphatic rings. The number of methoxy groups -OCH3 is 2.